The van der Waals surface area contributed by atoms with Gasteiger partial charge in [-0.15, -0.1) is 0 Å². The standard InChI is InChI=1S/C35H48N6O2/c1-29(2)25-34(42)41-20-10-19-40(35-36-15-9-16-37-35)22-21-39(28-31-12-4-5-14-33(31)41)27-30-11-8-13-32(26-30)43-24-23-38-17-6-3-7-18-38/h4-5,8-9,11-16,26,29H,3,6-7,10,17-25,27-28H2,1-2H3. The highest BCUT2D eigenvalue weighted by atomic mass is 16.5. The van der Waals surface area contributed by atoms with Gasteiger partial charge in [0.2, 0.25) is 11.9 Å². The monoisotopic (exact) mass is 584 g/mol. The first-order valence-corrected chi connectivity index (χ1v) is 16.1. The maximum atomic E-state index is 13.5. The predicted octanol–water partition coefficient (Wildman–Crippen LogP) is 5.63. The van der Waals surface area contributed by atoms with Crippen molar-refractivity contribution < 1.29 is 9.53 Å². The van der Waals surface area contributed by atoms with Gasteiger partial charge >= 0.3 is 0 Å². The van der Waals surface area contributed by atoms with Gasteiger partial charge in [-0.2, -0.15) is 0 Å². The first-order chi connectivity index (χ1) is 21.0. The molecule has 3 aromatic rings. The van der Waals surface area contributed by atoms with Crippen LogP contribution in [0, 0.1) is 5.92 Å². The van der Waals surface area contributed by atoms with Crippen LogP contribution in [0.2, 0.25) is 0 Å². The van der Waals surface area contributed by atoms with Crippen molar-refractivity contribution in [2.45, 2.75) is 59.0 Å². The third-order valence-corrected chi connectivity index (χ3v) is 8.32. The lowest BCUT2D eigenvalue weighted by atomic mass is 10.1. The Bertz CT molecular complexity index is 1280. The third-order valence-electron chi connectivity index (χ3n) is 8.32. The molecule has 0 N–H and O–H groups in total. The van der Waals surface area contributed by atoms with Crippen molar-refractivity contribution in [2.24, 2.45) is 5.92 Å². The molecule has 230 valence electrons. The Morgan fingerprint density at radius 2 is 1.65 bits per heavy atom. The molecule has 8 heteroatoms. The molecule has 5 rings (SSSR count). The second-order valence-electron chi connectivity index (χ2n) is 12.3. The van der Waals surface area contributed by atoms with E-state index < -0.39 is 0 Å². The van der Waals surface area contributed by atoms with Crippen molar-refractivity contribution >= 4 is 17.5 Å². The fourth-order valence-electron chi connectivity index (χ4n) is 6.12. The largest absolute Gasteiger partial charge is 0.492 e. The summed E-state index contributed by atoms with van der Waals surface area (Å²) in [6, 6.07) is 18.8. The minimum Gasteiger partial charge on any atom is -0.492 e. The van der Waals surface area contributed by atoms with E-state index in [0.29, 0.717) is 25.5 Å². The molecule has 0 bridgehead atoms. The summed E-state index contributed by atoms with van der Waals surface area (Å²) < 4.78 is 6.21. The number of amides is 1. The molecule has 3 heterocycles. The number of piperidine rings is 1. The molecule has 1 aromatic heterocycles. The smallest absolute Gasteiger partial charge is 0.227 e. The van der Waals surface area contributed by atoms with E-state index in [1.165, 1.54) is 43.5 Å². The van der Waals surface area contributed by atoms with Crippen LogP contribution in [-0.2, 0) is 17.9 Å². The van der Waals surface area contributed by atoms with E-state index in [-0.39, 0.29) is 5.91 Å². The number of fused-ring (bicyclic) bond motifs is 1. The summed E-state index contributed by atoms with van der Waals surface area (Å²) in [5, 5.41) is 0. The number of nitrogens with zero attached hydrogens (tertiary/aromatic N) is 6. The van der Waals surface area contributed by atoms with Crippen LogP contribution >= 0.6 is 0 Å². The van der Waals surface area contributed by atoms with Crippen LogP contribution in [0.15, 0.2) is 67.0 Å². The van der Waals surface area contributed by atoms with E-state index in [4.69, 9.17) is 4.74 Å². The number of para-hydroxylation sites is 1. The Morgan fingerprint density at radius 1 is 0.837 bits per heavy atom. The van der Waals surface area contributed by atoms with Crippen molar-refractivity contribution in [3.63, 3.8) is 0 Å². The van der Waals surface area contributed by atoms with Crippen LogP contribution in [0.25, 0.3) is 0 Å². The quantitative estimate of drug-likeness (QED) is 0.323. The SMILES string of the molecule is CC(C)CC(=O)N1CCCN(c2ncccn2)CCN(Cc2cccc(OCCN3CCCCC3)c2)Cc2ccccc21. The third kappa shape index (κ3) is 9.25. The molecule has 0 unspecified atom stereocenters. The number of anilines is 2. The van der Waals surface area contributed by atoms with E-state index in [2.05, 4.69) is 81.0 Å². The number of carbonyl (C=O) groups excluding carboxylic acids is 1. The lowest BCUT2D eigenvalue weighted by Crippen LogP contribution is -2.37. The predicted molar refractivity (Wildman–Crippen MR) is 173 cm³/mol. The fraction of sp³-hybridized carbons (Fsp3) is 0.514. The van der Waals surface area contributed by atoms with Crippen LogP contribution < -0.4 is 14.5 Å². The molecule has 2 aliphatic rings. The lowest BCUT2D eigenvalue weighted by molar-refractivity contribution is -0.119. The number of ether oxygens (including phenoxy) is 1. The Balaban J connectivity index is 1.35. The van der Waals surface area contributed by atoms with Crippen molar-refractivity contribution in [1.29, 1.82) is 0 Å². The van der Waals surface area contributed by atoms with Gasteiger partial charge in [0, 0.05) is 70.3 Å². The van der Waals surface area contributed by atoms with E-state index in [1.807, 2.05) is 17.0 Å². The molecule has 2 aromatic carbocycles. The molecule has 0 atom stereocenters. The number of aromatic nitrogens is 2. The first-order valence-electron chi connectivity index (χ1n) is 16.1. The van der Waals surface area contributed by atoms with Gasteiger partial charge in [-0.1, -0.05) is 50.6 Å². The number of likely N-dealkylation sites (tertiary alicyclic amines) is 1. The van der Waals surface area contributed by atoms with E-state index >= 15 is 0 Å². The van der Waals surface area contributed by atoms with E-state index in [9.17, 15) is 4.79 Å². The molecule has 8 nitrogen and oxygen atoms in total. The summed E-state index contributed by atoms with van der Waals surface area (Å²) in [6.07, 6.45) is 8.93. The summed E-state index contributed by atoms with van der Waals surface area (Å²) in [5.41, 5.74) is 3.42. The summed E-state index contributed by atoms with van der Waals surface area (Å²) in [6.45, 7) is 12.9. The number of hydrogen-bond donors (Lipinski definition) is 0. The minimum atomic E-state index is 0.185. The topological polar surface area (TPSA) is 65.0 Å². The van der Waals surface area contributed by atoms with Crippen molar-refractivity contribution in [1.82, 2.24) is 19.8 Å². The number of hydrogen-bond acceptors (Lipinski definition) is 7. The number of rotatable bonds is 9. The number of carbonyl (C=O) groups is 1. The van der Waals surface area contributed by atoms with E-state index in [0.717, 1.165) is 63.1 Å². The van der Waals surface area contributed by atoms with Gasteiger partial charge in [-0.05, 0) is 73.7 Å². The summed E-state index contributed by atoms with van der Waals surface area (Å²) in [5.74, 6) is 2.16. The lowest BCUT2D eigenvalue weighted by Gasteiger charge is -2.28. The van der Waals surface area contributed by atoms with Crippen LogP contribution in [0.4, 0.5) is 11.6 Å². The average Bonchev–Trinajstić information content (AvgIpc) is 3.05. The highest BCUT2D eigenvalue weighted by Crippen LogP contribution is 2.26. The summed E-state index contributed by atoms with van der Waals surface area (Å²) in [7, 11) is 0. The van der Waals surface area contributed by atoms with Gasteiger partial charge in [0.05, 0.1) is 0 Å². The van der Waals surface area contributed by atoms with Gasteiger partial charge in [0.25, 0.3) is 0 Å². The first kappa shape index (κ1) is 31.0. The molecular formula is C35H48N6O2. The highest BCUT2D eigenvalue weighted by Gasteiger charge is 2.23. The van der Waals surface area contributed by atoms with Crippen LogP contribution in [0.3, 0.4) is 0 Å². The molecular weight excluding hydrogens is 536 g/mol. The molecule has 0 aliphatic carbocycles. The van der Waals surface area contributed by atoms with Crippen LogP contribution in [0.5, 0.6) is 5.75 Å². The molecule has 0 spiro atoms. The zero-order chi connectivity index (χ0) is 29.9. The highest BCUT2D eigenvalue weighted by molar-refractivity contribution is 5.94. The van der Waals surface area contributed by atoms with E-state index in [1.54, 1.807) is 12.4 Å². The average molecular weight is 585 g/mol. The normalized spacial score (nSPS) is 17.4. The number of benzene rings is 2. The minimum absolute atomic E-state index is 0.185. The van der Waals surface area contributed by atoms with Crippen LogP contribution in [0.1, 0.15) is 57.1 Å². The van der Waals surface area contributed by atoms with Crippen molar-refractivity contribution in [3.05, 3.63) is 78.1 Å². The zero-order valence-corrected chi connectivity index (χ0v) is 26.0. The van der Waals surface area contributed by atoms with Gasteiger partial charge in [-0.25, -0.2) is 9.97 Å². The van der Waals surface area contributed by atoms with Gasteiger partial charge in [-0.3, -0.25) is 14.6 Å². The summed E-state index contributed by atoms with van der Waals surface area (Å²) in [4.78, 5) is 31.9. The molecule has 1 amide bonds. The maximum Gasteiger partial charge on any atom is 0.227 e. The second-order valence-corrected chi connectivity index (χ2v) is 12.3. The molecule has 0 saturated carbocycles. The second kappa shape index (κ2) is 15.8. The van der Waals surface area contributed by atoms with Crippen LogP contribution in [-0.4, -0.2) is 78.1 Å². The maximum absolute atomic E-state index is 13.5. The molecule has 43 heavy (non-hydrogen) atoms. The Labute approximate surface area is 257 Å². The summed E-state index contributed by atoms with van der Waals surface area (Å²) >= 11 is 0. The molecule has 0 radical (unpaired) electrons. The Kier molecular flexibility index (Phi) is 11.4. The molecule has 2 aliphatic heterocycles. The Hall–Kier alpha value is -3.49. The van der Waals surface area contributed by atoms with Gasteiger partial charge in [0.15, 0.2) is 0 Å². The zero-order valence-electron chi connectivity index (χ0n) is 26.0. The van der Waals surface area contributed by atoms with Gasteiger partial charge in [0.1, 0.15) is 12.4 Å². The molecule has 1 saturated heterocycles. The van der Waals surface area contributed by atoms with Gasteiger partial charge < -0.3 is 14.5 Å². The molecule has 1 fully saturated rings. The van der Waals surface area contributed by atoms with Crippen molar-refractivity contribution in [3.8, 4) is 5.75 Å². The fourth-order valence-corrected chi connectivity index (χ4v) is 6.12. The Morgan fingerprint density at radius 3 is 2.47 bits per heavy atom. The van der Waals surface area contributed by atoms with Crippen molar-refractivity contribution in [2.75, 3.05) is 62.2 Å².